The maximum atomic E-state index is 12.8. The van der Waals surface area contributed by atoms with E-state index in [9.17, 15) is 19.8 Å². The van der Waals surface area contributed by atoms with Crippen LogP contribution in [0.25, 0.3) is 0 Å². The highest BCUT2D eigenvalue weighted by Gasteiger charge is 2.33. The van der Waals surface area contributed by atoms with Crippen LogP contribution in [-0.4, -0.2) is 51.9 Å². The smallest absolute Gasteiger partial charge is 0.408 e. The molecule has 0 unspecified atom stereocenters. The van der Waals surface area contributed by atoms with E-state index in [0.717, 1.165) is 0 Å². The van der Waals surface area contributed by atoms with Crippen LogP contribution in [0.5, 0.6) is 5.75 Å². The van der Waals surface area contributed by atoms with Crippen molar-refractivity contribution in [2.45, 2.75) is 44.9 Å². The average molecular weight is 336 g/mol. The second-order valence-corrected chi connectivity index (χ2v) is 6.90. The predicted octanol–water partition coefficient (Wildman–Crippen LogP) is 1.55. The minimum atomic E-state index is -0.939. The maximum absolute atomic E-state index is 12.8. The van der Waals surface area contributed by atoms with E-state index in [4.69, 9.17) is 4.74 Å². The van der Waals surface area contributed by atoms with E-state index >= 15 is 0 Å². The van der Waals surface area contributed by atoms with Crippen molar-refractivity contribution in [1.82, 2.24) is 10.2 Å². The van der Waals surface area contributed by atoms with Gasteiger partial charge in [-0.1, -0.05) is 12.1 Å². The largest absolute Gasteiger partial charge is 0.508 e. The first-order chi connectivity index (χ1) is 11.2. The van der Waals surface area contributed by atoms with E-state index in [2.05, 4.69) is 5.32 Å². The van der Waals surface area contributed by atoms with Crippen LogP contribution in [0.4, 0.5) is 4.79 Å². The fraction of sp³-hybridized carbons (Fsp3) is 0.529. The molecule has 132 valence electrons. The minimum Gasteiger partial charge on any atom is -0.508 e. The first-order valence-electron chi connectivity index (χ1n) is 7.91. The van der Waals surface area contributed by atoms with Crippen LogP contribution in [0.1, 0.15) is 38.8 Å². The van der Waals surface area contributed by atoms with Crippen LogP contribution in [-0.2, 0) is 9.53 Å². The molecule has 1 aliphatic heterocycles. The zero-order chi connectivity index (χ0) is 17.9. The molecule has 24 heavy (non-hydrogen) atoms. The van der Waals surface area contributed by atoms with Crippen LogP contribution >= 0.6 is 0 Å². The normalized spacial score (nSPS) is 19.0. The monoisotopic (exact) mass is 336 g/mol. The number of alkyl carbamates (subject to hydrolysis) is 1. The Bertz CT molecular complexity index is 594. The number of phenolic OH excluding ortho intramolecular Hbond substituents is 1. The van der Waals surface area contributed by atoms with E-state index in [-0.39, 0.29) is 18.2 Å². The molecule has 0 saturated carbocycles. The Morgan fingerprint density at radius 1 is 1.29 bits per heavy atom. The number of likely N-dealkylation sites (tertiary alicyclic amines) is 1. The number of nitrogens with zero attached hydrogens (tertiary/aromatic N) is 1. The van der Waals surface area contributed by atoms with Gasteiger partial charge in [-0.25, -0.2) is 4.79 Å². The zero-order valence-corrected chi connectivity index (χ0v) is 14.2. The van der Waals surface area contributed by atoms with E-state index in [0.29, 0.717) is 18.5 Å². The van der Waals surface area contributed by atoms with Gasteiger partial charge >= 0.3 is 6.09 Å². The van der Waals surface area contributed by atoms with Crippen LogP contribution < -0.4 is 5.32 Å². The quantitative estimate of drug-likeness (QED) is 0.778. The highest BCUT2D eigenvalue weighted by atomic mass is 16.6. The second kappa shape index (κ2) is 7.09. The first-order valence-corrected chi connectivity index (χ1v) is 7.91. The van der Waals surface area contributed by atoms with Gasteiger partial charge in [-0.2, -0.15) is 0 Å². The molecule has 0 aliphatic carbocycles. The maximum Gasteiger partial charge on any atom is 0.408 e. The summed E-state index contributed by atoms with van der Waals surface area (Å²) < 4.78 is 5.23. The number of ether oxygens (including phenoxy) is 1. The van der Waals surface area contributed by atoms with E-state index in [1.165, 1.54) is 17.0 Å². The third kappa shape index (κ3) is 4.86. The summed E-state index contributed by atoms with van der Waals surface area (Å²) in [5, 5.41) is 21.6. The number of aliphatic hydroxyl groups excluding tert-OH is 1. The number of nitrogens with one attached hydrogen (secondary N) is 1. The van der Waals surface area contributed by atoms with Crippen molar-refractivity contribution >= 4 is 12.0 Å². The number of phenols is 1. The highest BCUT2D eigenvalue weighted by molar-refractivity contribution is 5.87. The van der Waals surface area contributed by atoms with Gasteiger partial charge in [0.1, 0.15) is 17.4 Å². The van der Waals surface area contributed by atoms with E-state index in [1.54, 1.807) is 32.9 Å². The molecule has 2 rings (SSSR count). The fourth-order valence-electron chi connectivity index (χ4n) is 2.50. The molecule has 1 aromatic rings. The lowest BCUT2D eigenvalue weighted by Gasteiger charge is -2.26. The molecular weight excluding hydrogens is 312 g/mol. The number of hydrogen-bond donors (Lipinski definition) is 3. The topological polar surface area (TPSA) is 99.1 Å². The van der Waals surface area contributed by atoms with E-state index in [1.807, 2.05) is 0 Å². The van der Waals surface area contributed by atoms with Gasteiger partial charge in [-0.15, -0.1) is 0 Å². The molecule has 1 aromatic carbocycles. The van der Waals surface area contributed by atoms with Crippen molar-refractivity contribution < 1.29 is 24.5 Å². The number of aliphatic hydroxyl groups is 1. The van der Waals surface area contributed by atoms with Crippen LogP contribution in [0.3, 0.4) is 0 Å². The Hall–Kier alpha value is -2.28. The van der Waals surface area contributed by atoms with Crippen molar-refractivity contribution in [2.75, 3.05) is 13.1 Å². The Balaban J connectivity index is 2.19. The van der Waals surface area contributed by atoms with Gasteiger partial charge in [-0.05, 0) is 44.9 Å². The number of carbonyl (C=O) groups is 2. The fourth-order valence-corrected chi connectivity index (χ4v) is 2.50. The minimum absolute atomic E-state index is 0.0683. The van der Waals surface area contributed by atoms with Crippen molar-refractivity contribution in [3.8, 4) is 5.75 Å². The Morgan fingerprint density at radius 2 is 1.92 bits per heavy atom. The molecule has 0 bridgehead atoms. The lowest BCUT2D eigenvalue weighted by atomic mass is 10.1. The number of rotatable bonds is 3. The van der Waals surface area contributed by atoms with Gasteiger partial charge in [0, 0.05) is 13.1 Å². The van der Waals surface area contributed by atoms with Gasteiger partial charge in [0.05, 0.1) is 6.10 Å². The van der Waals surface area contributed by atoms with Gasteiger partial charge in [-0.3, -0.25) is 4.79 Å². The van der Waals surface area contributed by atoms with Gasteiger partial charge in [0.25, 0.3) is 0 Å². The summed E-state index contributed by atoms with van der Waals surface area (Å²) in [6, 6.07) is 5.10. The summed E-state index contributed by atoms with van der Waals surface area (Å²) in [6.45, 7) is 5.89. The summed E-state index contributed by atoms with van der Waals surface area (Å²) in [5.41, 5.74) is -0.152. The molecule has 0 aromatic heterocycles. The summed E-state index contributed by atoms with van der Waals surface area (Å²) in [5.74, 6) is -0.248. The summed E-state index contributed by atoms with van der Waals surface area (Å²) in [4.78, 5) is 26.4. The third-order valence-electron chi connectivity index (χ3n) is 3.61. The molecule has 0 radical (unpaired) electrons. The molecule has 0 spiro atoms. The average Bonchev–Trinajstić information content (AvgIpc) is 2.90. The molecule has 1 heterocycles. The molecule has 2 atom stereocenters. The van der Waals surface area contributed by atoms with Crippen LogP contribution in [0.15, 0.2) is 24.3 Å². The molecule has 1 saturated heterocycles. The molecule has 3 N–H and O–H groups in total. The lowest BCUT2D eigenvalue weighted by Crippen LogP contribution is -2.44. The van der Waals surface area contributed by atoms with Gasteiger partial charge < -0.3 is 25.2 Å². The number of hydrogen-bond acceptors (Lipinski definition) is 5. The molecule has 7 heteroatoms. The predicted molar refractivity (Wildman–Crippen MR) is 87.4 cm³/mol. The Labute approximate surface area is 141 Å². The SMILES string of the molecule is CC(C)(C)OC(=O)N[C@H](C(=O)N1CC[C@H](O)C1)c1ccc(O)cc1. The standard InChI is InChI=1S/C17H24N2O5/c1-17(2,3)24-16(23)18-14(11-4-6-12(20)7-5-11)15(22)19-9-8-13(21)10-19/h4-7,13-14,20-21H,8-10H2,1-3H3,(H,18,23)/t13-,14-/m0/s1. The first kappa shape index (κ1) is 18.1. The van der Waals surface area contributed by atoms with Crippen LogP contribution in [0.2, 0.25) is 0 Å². The molecule has 1 aliphatic rings. The van der Waals surface area contributed by atoms with Gasteiger partial charge in [0.15, 0.2) is 0 Å². The van der Waals surface area contributed by atoms with Crippen LogP contribution in [0, 0.1) is 0 Å². The van der Waals surface area contributed by atoms with Crippen molar-refractivity contribution in [3.63, 3.8) is 0 Å². The van der Waals surface area contributed by atoms with E-state index < -0.39 is 23.8 Å². The number of carbonyl (C=O) groups excluding carboxylic acids is 2. The molecule has 1 fully saturated rings. The number of β-amino-alcohol motifs (C(OH)–C–C–N with tert-alkyl or cyclic N) is 1. The lowest BCUT2D eigenvalue weighted by molar-refractivity contribution is -0.133. The second-order valence-electron chi connectivity index (χ2n) is 6.90. The third-order valence-corrected chi connectivity index (χ3v) is 3.61. The number of benzene rings is 1. The van der Waals surface area contributed by atoms with Crippen molar-refractivity contribution in [1.29, 1.82) is 0 Å². The van der Waals surface area contributed by atoms with Gasteiger partial charge in [0.2, 0.25) is 5.91 Å². The highest BCUT2D eigenvalue weighted by Crippen LogP contribution is 2.22. The molecular formula is C17H24N2O5. The molecule has 2 amide bonds. The summed E-state index contributed by atoms with van der Waals surface area (Å²) >= 11 is 0. The van der Waals surface area contributed by atoms with Crippen molar-refractivity contribution in [3.05, 3.63) is 29.8 Å². The Morgan fingerprint density at radius 3 is 2.42 bits per heavy atom. The number of amides is 2. The Kier molecular flexibility index (Phi) is 5.33. The summed E-state index contributed by atoms with van der Waals surface area (Å²) in [6.07, 6.45) is -0.731. The zero-order valence-electron chi connectivity index (χ0n) is 14.2. The summed E-state index contributed by atoms with van der Waals surface area (Å²) in [7, 11) is 0. The molecule has 7 nitrogen and oxygen atoms in total. The number of aromatic hydroxyl groups is 1. The van der Waals surface area contributed by atoms with Crippen molar-refractivity contribution in [2.24, 2.45) is 0 Å².